The first-order valence-corrected chi connectivity index (χ1v) is 8.31. The molecule has 1 atom stereocenters. The Bertz CT molecular complexity index is 894. The Morgan fingerprint density at radius 1 is 1.40 bits per heavy atom. The second-order valence-corrected chi connectivity index (χ2v) is 6.67. The van der Waals surface area contributed by atoms with Gasteiger partial charge < -0.3 is 15.6 Å². The molecule has 7 nitrogen and oxygen atoms in total. The van der Waals surface area contributed by atoms with Crippen LogP contribution in [-0.4, -0.2) is 26.0 Å². The Morgan fingerprint density at radius 2 is 2.20 bits per heavy atom. The molecule has 0 saturated carbocycles. The molecule has 0 bridgehead atoms. The van der Waals surface area contributed by atoms with Crippen LogP contribution in [0.25, 0.3) is 11.6 Å². The molecule has 3 N–H and O–H groups in total. The van der Waals surface area contributed by atoms with E-state index < -0.39 is 5.25 Å². The molecule has 2 heterocycles. The molecule has 0 saturated heterocycles. The number of aromatic nitrogens is 3. The summed E-state index contributed by atoms with van der Waals surface area (Å²) in [6.07, 6.45) is 1.51. The maximum absolute atomic E-state index is 13.6. The van der Waals surface area contributed by atoms with Gasteiger partial charge in [0.05, 0.1) is 11.5 Å². The van der Waals surface area contributed by atoms with E-state index in [1.165, 1.54) is 17.0 Å². The van der Waals surface area contributed by atoms with Gasteiger partial charge in [-0.05, 0) is 43.7 Å². The van der Waals surface area contributed by atoms with Gasteiger partial charge in [0.25, 0.3) is 0 Å². The summed E-state index contributed by atoms with van der Waals surface area (Å²) in [5, 5.41) is 10.5. The lowest BCUT2D eigenvalue weighted by molar-refractivity contribution is -0.115. The molecule has 1 aromatic carbocycles. The lowest BCUT2D eigenvalue weighted by Crippen LogP contribution is -2.23. The number of anilines is 1. The van der Waals surface area contributed by atoms with E-state index in [0.29, 0.717) is 28.0 Å². The maximum atomic E-state index is 13.6. The fourth-order valence-electron chi connectivity index (χ4n) is 2.06. The third-order valence-electron chi connectivity index (χ3n) is 3.50. The highest BCUT2D eigenvalue weighted by atomic mass is 32.2. The van der Waals surface area contributed by atoms with Crippen LogP contribution >= 0.6 is 11.8 Å². The first kappa shape index (κ1) is 17.0. The number of nitrogens with zero attached hydrogens (tertiary/aromatic N) is 3. The molecular formula is C16H16FN5O2S. The number of carbonyl (C=O) groups excluding carboxylic acids is 1. The minimum atomic E-state index is -0.514. The Morgan fingerprint density at radius 3 is 2.88 bits per heavy atom. The highest BCUT2D eigenvalue weighted by Crippen LogP contribution is 2.25. The van der Waals surface area contributed by atoms with Gasteiger partial charge in [-0.3, -0.25) is 4.79 Å². The van der Waals surface area contributed by atoms with E-state index in [0.717, 1.165) is 11.8 Å². The van der Waals surface area contributed by atoms with E-state index in [2.05, 4.69) is 15.5 Å². The zero-order valence-electron chi connectivity index (χ0n) is 13.6. The SMILES string of the molecule is Cc1ccc(NC(=O)[C@H](C)Sc2nnc(-c3ccco3)n2N)cc1F. The van der Waals surface area contributed by atoms with Crippen LogP contribution in [0.4, 0.5) is 10.1 Å². The van der Waals surface area contributed by atoms with E-state index in [1.807, 2.05) is 0 Å². The second kappa shape index (κ2) is 6.98. The van der Waals surface area contributed by atoms with Crippen molar-refractivity contribution in [1.29, 1.82) is 0 Å². The smallest absolute Gasteiger partial charge is 0.237 e. The number of carbonyl (C=O) groups is 1. The van der Waals surface area contributed by atoms with Crippen molar-refractivity contribution < 1.29 is 13.6 Å². The molecule has 0 radical (unpaired) electrons. The van der Waals surface area contributed by atoms with Crippen molar-refractivity contribution in [3.8, 4) is 11.6 Å². The monoisotopic (exact) mass is 361 g/mol. The van der Waals surface area contributed by atoms with Crippen molar-refractivity contribution in [3.63, 3.8) is 0 Å². The number of thioether (sulfide) groups is 1. The van der Waals surface area contributed by atoms with Crippen LogP contribution in [0, 0.1) is 12.7 Å². The molecule has 25 heavy (non-hydrogen) atoms. The number of furan rings is 1. The largest absolute Gasteiger partial charge is 0.461 e. The fourth-order valence-corrected chi connectivity index (χ4v) is 2.83. The van der Waals surface area contributed by atoms with Gasteiger partial charge in [-0.2, -0.15) is 0 Å². The Kier molecular flexibility index (Phi) is 4.75. The van der Waals surface area contributed by atoms with Crippen molar-refractivity contribution >= 4 is 23.4 Å². The van der Waals surface area contributed by atoms with Gasteiger partial charge in [-0.25, -0.2) is 9.07 Å². The summed E-state index contributed by atoms with van der Waals surface area (Å²) in [6, 6.07) is 7.96. The topological polar surface area (TPSA) is 99.0 Å². The van der Waals surface area contributed by atoms with Crippen LogP contribution < -0.4 is 11.2 Å². The van der Waals surface area contributed by atoms with Crippen molar-refractivity contribution in [2.75, 3.05) is 11.2 Å². The van der Waals surface area contributed by atoms with Gasteiger partial charge in [0.1, 0.15) is 5.82 Å². The van der Waals surface area contributed by atoms with E-state index >= 15 is 0 Å². The summed E-state index contributed by atoms with van der Waals surface area (Å²) < 4.78 is 20.1. The van der Waals surface area contributed by atoms with Crippen LogP contribution in [0.5, 0.6) is 0 Å². The van der Waals surface area contributed by atoms with E-state index in [1.54, 1.807) is 38.1 Å². The third kappa shape index (κ3) is 3.66. The summed E-state index contributed by atoms with van der Waals surface area (Å²) in [5.74, 6) is 6.14. The number of aryl methyl sites for hydroxylation is 1. The molecule has 130 valence electrons. The predicted octanol–water partition coefficient (Wildman–Crippen LogP) is 2.82. The van der Waals surface area contributed by atoms with Crippen molar-refractivity contribution in [2.45, 2.75) is 24.3 Å². The van der Waals surface area contributed by atoms with Crippen molar-refractivity contribution in [1.82, 2.24) is 14.9 Å². The van der Waals surface area contributed by atoms with Crippen molar-refractivity contribution in [3.05, 3.63) is 48.0 Å². The fraction of sp³-hybridized carbons (Fsp3) is 0.188. The Hall–Kier alpha value is -2.81. The predicted molar refractivity (Wildman–Crippen MR) is 93.0 cm³/mol. The summed E-state index contributed by atoms with van der Waals surface area (Å²) in [6.45, 7) is 3.36. The zero-order chi connectivity index (χ0) is 18.0. The molecule has 3 aromatic rings. The average molecular weight is 361 g/mol. The minimum absolute atomic E-state index is 0.296. The van der Waals surface area contributed by atoms with Gasteiger partial charge in [-0.1, -0.05) is 17.8 Å². The number of nitrogen functional groups attached to an aromatic ring is 1. The van der Waals surface area contributed by atoms with Crippen LogP contribution in [0.15, 0.2) is 46.2 Å². The first-order valence-electron chi connectivity index (χ1n) is 7.43. The Balaban J connectivity index is 1.68. The van der Waals surface area contributed by atoms with Crippen LogP contribution in [-0.2, 0) is 4.79 Å². The molecule has 2 aromatic heterocycles. The van der Waals surface area contributed by atoms with E-state index in [4.69, 9.17) is 10.3 Å². The van der Waals surface area contributed by atoms with Crippen LogP contribution in [0.3, 0.4) is 0 Å². The van der Waals surface area contributed by atoms with E-state index in [-0.39, 0.29) is 11.7 Å². The normalized spacial score (nSPS) is 12.1. The van der Waals surface area contributed by atoms with Gasteiger partial charge in [0, 0.05) is 5.69 Å². The van der Waals surface area contributed by atoms with Gasteiger partial charge in [0.2, 0.25) is 16.9 Å². The van der Waals surface area contributed by atoms with Gasteiger partial charge in [0.15, 0.2) is 5.76 Å². The number of nitrogens with one attached hydrogen (secondary N) is 1. The molecular weight excluding hydrogens is 345 g/mol. The highest BCUT2D eigenvalue weighted by molar-refractivity contribution is 8.00. The molecule has 0 spiro atoms. The summed E-state index contributed by atoms with van der Waals surface area (Å²) >= 11 is 1.14. The number of nitrogens with two attached hydrogens (primary N) is 1. The zero-order valence-corrected chi connectivity index (χ0v) is 14.4. The lowest BCUT2D eigenvalue weighted by Gasteiger charge is -2.12. The maximum Gasteiger partial charge on any atom is 0.237 e. The minimum Gasteiger partial charge on any atom is -0.461 e. The molecule has 1 amide bonds. The van der Waals surface area contributed by atoms with Gasteiger partial charge >= 0.3 is 0 Å². The van der Waals surface area contributed by atoms with Crippen LogP contribution in [0.2, 0.25) is 0 Å². The van der Waals surface area contributed by atoms with Crippen molar-refractivity contribution in [2.24, 2.45) is 0 Å². The third-order valence-corrected chi connectivity index (χ3v) is 4.55. The lowest BCUT2D eigenvalue weighted by atomic mass is 10.2. The molecule has 0 aliphatic heterocycles. The molecule has 0 fully saturated rings. The quantitative estimate of drug-likeness (QED) is 0.535. The highest BCUT2D eigenvalue weighted by Gasteiger charge is 2.21. The number of rotatable bonds is 5. The second-order valence-electron chi connectivity index (χ2n) is 5.37. The molecule has 9 heteroatoms. The summed E-state index contributed by atoms with van der Waals surface area (Å²) in [4.78, 5) is 12.3. The first-order chi connectivity index (χ1) is 12.0. The number of halogens is 1. The standard InChI is InChI=1S/C16H16FN5O2S/c1-9-5-6-11(8-12(9)17)19-15(23)10(2)25-16-21-20-14(22(16)18)13-4-3-7-24-13/h3-8,10H,18H2,1-2H3,(H,19,23)/t10-/m0/s1. The summed E-state index contributed by atoms with van der Waals surface area (Å²) in [7, 11) is 0. The number of hydrogen-bond donors (Lipinski definition) is 2. The Labute approximate surface area is 147 Å². The number of amides is 1. The molecule has 0 aliphatic rings. The molecule has 0 aliphatic carbocycles. The van der Waals surface area contributed by atoms with Gasteiger partial charge in [-0.15, -0.1) is 10.2 Å². The number of hydrogen-bond acceptors (Lipinski definition) is 6. The van der Waals surface area contributed by atoms with Crippen LogP contribution in [0.1, 0.15) is 12.5 Å². The molecule has 3 rings (SSSR count). The average Bonchev–Trinajstić information content (AvgIpc) is 3.21. The summed E-state index contributed by atoms with van der Waals surface area (Å²) in [5.41, 5.74) is 0.910. The number of benzene rings is 1. The van der Waals surface area contributed by atoms with E-state index in [9.17, 15) is 9.18 Å². The molecule has 0 unspecified atom stereocenters.